The fraction of sp³-hybridized carbons (Fsp3) is 0.300. The minimum Gasteiger partial charge on any atom is -0.357 e. The minimum absolute atomic E-state index is 0.100. The molecule has 26 heavy (non-hydrogen) atoms. The summed E-state index contributed by atoms with van der Waals surface area (Å²) in [6, 6.07) is 12.3. The largest absolute Gasteiger partial charge is 0.357 e. The molecule has 0 bridgehead atoms. The number of nitrogens with one attached hydrogen (secondary N) is 1. The number of hydrogen-bond donors (Lipinski definition) is 1. The number of nitrogens with zero attached hydrogens (tertiary/aromatic N) is 1. The molecule has 0 aliphatic carbocycles. The highest BCUT2D eigenvalue weighted by atomic mass is 35.5. The highest BCUT2D eigenvalue weighted by Gasteiger charge is 2.26. The van der Waals surface area contributed by atoms with Gasteiger partial charge in [-0.15, -0.1) is 0 Å². The van der Waals surface area contributed by atoms with Crippen molar-refractivity contribution >= 4 is 35.0 Å². The van der Waals surface area contributed by atoms with Crippen molar-refractivity contribution in [2.24, 2.45) is 0 Å². The average Bonchev–Trinajstić information content (AvgIpc) is 2.60. The molecular weight excluding hydrogens is 371 g/mol. The van der Waals surface area contributed by atoms with Crippen LogP contribution in [0.2, 0.25) is 10.0 Å². The predicted molar refractivity (Wildman–Crippen MR) is 105 cm³/mol. The Labute approximate surface area is 164 Å². The molecule has 0 fully saturated rings. The second kappa shape index (κ2) is 9.06. The molecule has 2 aromatic rings. The van der Waals surface area contributed by atoms with Crippen molar-refractivity contribution in [2.75, 3.05) is 7.05 Å². The van der Waals surface area contributed by atoms with Crippen LogP contribution >= 0.6 is 23.2 Å². The SMILES string of the molecule is CNC(=O)[C@H](C)N(Cc1cccc(C)c1)C(=O)Cc1ccc(Cl)cc1Cl. The maximum atomic E-state index is 13.0. The first-order chi connectivity index (χ1) is 12.3. The Hall–Kier alpha value is -2.04. The molecule has 6 heteroatoms. The molecule has 2 rings (SSSR count). The van der Waals surface area contributed by atoms with Gasteiger partial charge in [0.2, 0.25) is 11.8 Å². The standard InChI is InChI=1S/C20H22Cl2N2O2/c1-13-5-4-6-15(9-13)12-24(14(2)20(26)23-3)19(25)10-16-7-8-17(21)11-18(16)22/h4-9,11,14H,10,12H2,1-3H3,(H,23,26)/t14-/m0/s1. The van der Waals surface area contributed by atoms with Gasteiger partial charge in [0, 0.05) is 23.6 Å². The van der Waals surface area contributed by atoms with Crippen LogP contribution in [0.15, 0.2) is 42.5 Å². The van der Waals surface area contributed by atoms with Crippen molar-refractivity contribution in [1.29, 1.82) is 0 Å². The Bertz CT molecular complexity index is 808. The van der Waals surface area contributed by atoms with E-state index in [2.05, 4.69) is 5.32 Å². The fourth-order valence-corrected chi connectivity index (χ4v) is 3.20. The van der Waals surface area contributed by atoms with Gasteiger partial charge < -0.3 is 10.2 Å². The number of carbonyl (C=O) groups excluding carboxylic acids is 2. The molecule has 0 aliphatic heterocycles. The first kappa shape index (κ1) is 20.3. The summed E-state index contributed by atoms with van der Waals surface area (Å²) in [6.45, 7) is 4.06. The van der Waals surface area contributed by atoms with Crippen LogP contribution < -0.4 is 5.32 Å². The Morgan fingerprint density at radius 2 is 1.88 bits per heavy atom. The lowest BCUT2D eigenvalue weighted by molar-refractivity contribution is -0.139. The van der Waals surface area contributed by atoms with Crippen LogP contribution in [0.4, 0.5) is 0 Å². The topological polar surface area (TPSA) is 49.4 Å². The Morgan fingerprint density at radius 1 is 1.15 bits per heavy atom. The number of halogens is 2. The van der Waals surface area contributed by atoms with E-state index in [1.54, 1.807) is 37.1 Å². The number of likely N-dealkylation sites (N-methyl/N-ethyl adjacent to an activating group) is 1. The van der Waals surface area contributed by atoms with Crippen LogP contribution in [-0.2, 0) is 22.6 Å². The molecule has 2 aromatic carbocycles. The van der Waals surface area contributed by atoms with E-state index in [9.17, 15) is 9.59 Å². The monoisotopic (exact) mass is 392 g/mol. The maximum Gasteiger partial charge on any atom is 0.242 e. The molecule has 0 saturated carbocycles. The maximum absolute atomic E-state index is 13.0. The summed E-state index contributed by atoms with van der Waals surface area (Å²) in [5.74, 6) is -0.389. The van der Waals surface area contributed by atoms with Crippen molar-refractivity contribution in [3.63, 3.8) is 0 Å². The van der Waals surface area contributed by atoms with Crippen LogP contribution in [0.5, 0.6) is 0 Å². The zero-order valence-electron chi connectivity index (χ0n) is 15.1. The van der Waals surface area contributed by atoms with E-state index in [0.29, 0.717) is 22.2 Å². The van der Waals surface area contributed by atoms with Crippen molar-refractivity contribution in [2.45, 2.75) is 32.9 Å². The lowest BCUT2D eigenvalue weighted by Gasteiger charge is -2.28. The van der Waals surface area contributed by atoms with Crippen LogP contribution in [0.3, 0.4) is 0 Å². The van der Waals surface area contributed by atoms with Crippen molar-refractivity contribution < 1.29 is 9.59 Å². The average molecular weight is 393 g/mol. The van der Waals surface area contributed by atoms with E-state index >= 15 is 0 Å². The van der Waals surface area contributed by atoms with Crippen molar-refractivity contribution in [3.05, 3.63) is 69.2 Å². The second-order valence-electron chi connectivity index (χ2n) is 6.21. The Balaban J connectivity index is 2.26. The molecule has 4 nitrogen and oxygen atoms in total. The first-order valence-electron chi connectivity index (χ1n) is 8.32. The fourth-order valence-electron chi connectivity index (χ4n) is 2.73. The van der Waals surface area contributed by atoms with E-state index in [-0.39, 0.29) is 18.2 Å². The molecule has 0 unspecified atom stereocenters. The lowest BCUT2D eigenvalue weighted by Crippen LogP contribution is -2.47. The molecule has 1 N–H and O–H groups in total. The molecule has 2 amide bonds. The van der Waals surface area contributed by atoms with Crippen molar-refractivity contribution in [1.82, 2.24) is 10.2 Å². The summed E-state index contributed by atoms with van der Waals surface area (Å²) >= 11 is 12.1. The number of benzene rings is 2. The van der Waals surface area contributed by atoms with E-state index < -0.39 is 6.04 Å². The van der Waals surface area contributed by atoms with Crippen LogP contribution in [0.1, 0.15) is 23.6 Å². The predicted octanol–water partition coefficient (Wildman–Crippen LogP) is 4.01. The highest BCUT2D eigenvalue weighted by molar-refractivity contribution is 6.35. The van der Waals surface area contributed by atoms with Gasteiger partial charge in [0.25, 0.3) is 0 Å². The highest BCUT2D eigenvalue weighted by Crippen LogP contribution is 2.22. The van der Waals surface area contributed by atoms with Crippen LogP contribution in [-0.4, -0.2) is 29.8 Å². The van der Waals surface area contributed by atoms with Crippen molar-refractivity contribution in [3.8, 4) is 0 Å². The van der Waals surface area contributed by atoms with Crippen LogP contribution in [0, 0.1) is 6.92 Å². The van der Waals surface area contributed by atoms with Gasteiger partial charge in [0.05, 0.1) is 6.42 Å². The van der Waals surface area contributed by atoms with Gasteiger partial charge in [-0.25, -0.2) is 0 Å². The first-order valence-corrected chi connectivity index (χ1v) is 9.08. The number of aryl methyl sites for hydroxylation is 1. The summed E-state index contributed by atoms with van der Waals surface area (Å²) in [5, 5.41) is 3.56. The molecule has 0 aromatic heterocycles. The summed E-state index contributed by atoms with van der Waals surface area (Å²) in [5.41, 5.74) is 2.75. The van der Waals surface area contributed by atoms with Gasteiger partial charge in [-0.1, -0.05) is 59.1 Å². The Kier molecular flexibility index (Phi) is 7.06. The molecule has 138 valence electrons. The molecule has 0 heterocycles. The third-order valence-electron chi connectivity index (χ3n) is 4.21. The van der Waals surface area contributed by atoms with Crippen LogP contribution in [0.25, 0.3) is 0 Å². The van der Waals surface area contributed by atoms with Gasteiger partial charge in [-0.3, -0.25) is 9.59 Å². The zero-order valence-corrected chi connectivity index (χ0v) is 16.6. The molecule has 0 aliphatic rings. The second-order valence-corrected chi connectivity index (χ2v) is 7.06. The number of amides is 2. The molecule has 0 spiro atoms. The lowest BCUT2D eigenvalue weighted by atomic mass is 10.1. The third kappa shape index (κ3) is 5.23. The molecule has 0 radical (unpaired) electrons. The van der Waals surface area contributed by atoms with E-state index in [4.69, 9.17) is 23.2 Å². The summed E-state index contributed by atoms with van der Waals surface area (Å²) in [7, 11) is 1.56. The summed E-state index contributed by atoms with van der Waals surface area (Å²) in [6.07, 6.45) is 0.100. The normalized spacial score (nSPS) is 11.7. The van der Waals surface area contributed by atoms with Gasteiger partial charge in [-0.2, -0.15) is 0 Å². The molecule has 0 saturated heterocycles. The number of carbonyl (C=O) groups is 2. The summed E-state index contributed by atoms with van der Waals surface area (Å²) < 4.78 is 0. The number of rotatable bonds is 6. The summed E-state index contributed by atoms with van der Waals surface area (Å²) in [4.78, 5) is 26.7. The molecule has 1 atom stereocenters. The quantitative estimate of drug-likeness (QED) is 0.806. The smallest absolute Gasteiger partial charge is 0.242 e. The van der Waals surface area contributed by atoms with E-state index in [1.807, 2.05) is 31.2 Å². The molecular formula is C20H22Cl2N2O2. The van der Waals surface area contributed by atoms with Gasteiger partial charge in [0.15, 0.2) is 0 Å². The van der Waals surface area contributed by atoms with Gasteiger partial charge >= 0.3 is 0 Å². The zero-order chi connectivity index (χ0) is 19.3. The Morgan fingerprint density at radius 3 is 2.50 bits per heavy atom. The van der Waals surface area contributed by atoms with E-state index in [0.717, 1.165) is 11.1 Å². The van der Waals surface area contributed by atoms with E-state index in [1.165, 1.54) is 0 Å². The van der Waals surface area contributed by atoms with Gasteiger partial charge in [0.1, 0.15) is 6.04 Å². The third-order valence-corrected chi connectivity index (χ3v) is 4.79. The van der Waals surface area contributed by atoms with Gasteiger partial charge in [-0.05, 0) is 37.1 Å². The minimum atomic E-state index is -0.598. The number of hydrogen-bond acceptors (Lipinski definition) is 2.